The summed E-state index contributed by atoms with van der Waals surface area (Å²) in [5, 5.41) is 3.49. The van der Waals surface area contributed by atoms with Crippen LogP contribution < -0.4 is 0 Å². The van der Waals surface area contributed by atoms with Crippen molar-refractivity contribution >= 4 is 11.3 Å². The van der Waals surface area contributed by atoms with Crippen LogP contribution in [0.25, 0.3) is 0 Å². The van der Waals surface area contributed by atoms with E-state index in [4.69, 9.17) is 0 Å². The maximum absolute atomic E-state index is 4.65. The van der Waals surface area contributed by atoms with E-state index >= 15 is 0 Å². The fourth-order valence-electron chi connectivity index (χ4n) is 2.46. The van der Waals surface area contributed by atoms with E-state index in [1.807, 2.05) is 0 Å². The molecule has 18 heavy (non-hydrogen) atoms. The summed E-state index contributed by atoms with van der Waals surface area (Å²) in [5.74, 6) is 0.780. The van der Waals surface area contributed by atoms with Crippen LogP contribution in [0.15, 0.2) is 5.38 Å². The van der Waals surface area contributed by atoms with Gasteiger partial charge >= 0.3 is 0 Å². The minimum atomic E-state index is 0.780. The average molecular weight is 267 g/mol. The Labute approximate surface area is 115 Å². The number of hydrogen-bond donors (Lipinski definition) is 0. The van der Waals surface area contributed by atoms with E-state index in [0.717, 1.165) is 18.9 Å². The van der Waals surface area contributed by atoms with Crippen molar-refractivity contribution in [2.24, 2.45) is 5.92 Å². The van der Waals surface area contributed by atoms with Crippen LogP contribution in [0.3, 0.4) is 0 Å². The van der Waals surface area contributed by atoms with E-state index in [1.165, 1.54) is 43.4 Å². The molecule has 0 radical (unpaired) electrons. The summed E-state index contributed by atoms with van der Waals surface area (Å²) in [6.07, 6.45) is 1.06. The van der Waals surface area contributed by atoms with Gasteiger partial charge in [0, 0.05) is 44.6 Å². The highest BCUT2D eigenvalue weighted by Crippen LogP contribution is 2.14. The minimum absolute atomic E-state index is 0.780. The number of hydrogen-bond acceptors (Lipinski definition) is 4. The summed E-state index contributed by atoms with van der Waals surface area (Å²) >= 11 is 1.80. The molecular formula is C14H25N3S. The highest BCUT2D eigenvalue weighted by Gasteiger charge is 2.18. The predicted octanol–water partition coefficient (Wildman–Crippen LogP) is 2.48. The summed E-state index contributed by atoms with van der Waals surface area (Å²) in [6.45, 7) is 13.8. The van der Waals surface area contributed by atoms with Gasteiger partial charge < -0.3 is 4.90 Å². The first-order valence-corrected chi connectivity index (χ1v) is 7.93. The molecule has 3 nitrogen and oxygen atoms in total. The Bertz CT molecular complexity index is 354. The van der Waals surface area contributed by atoms with Gasteiger partial charge in [0.15, 0.2) is 0 Å². The summed E-state index contributed by atoms with van der Waals surface area (Å²) < 4.78 is 0. The quantitative estimate of drug-likeness (QED) is 0.817. The molecule has 0 saturated carbocycles. The van der Waals surface area contributed by atoms with Gasteiger partial charge in [0.25, 0.3) is 0 Å². The lowest BCUT2D eigenvalue weighted by atomic mass is 10.2. The number of thiazole rings is 1. The topological polar surface area (TPSA) is 19.4 Å². The molecule has 0 unspecified atom stereocenters. The van der Waals surface area contributed by atoms with Gasteiger partial charge in [-0.25, -0.2) is 4.98 Å². The Hall–Kier alpha value is -0.450. The second-order valence-electron chi connectivity index (χ2n) is 5.56. The third-order valence-corrected chi connectivity index (χ3v) is 4.42. The first-order chi connectivity index (χ1) is 8.67. The van der Waals surface area contributed by atoms with E-state index in [-0.39, 0.29) is 0 Å². The first-order valence-electron chi connectivity index (χ1n) is 7.05. The molecule has 2 heterocycles. The molecule has 0 spiro atoms. The van der Waals surface area contributed by atoms with Crippen molar-refractivity contribution in [2.45, 2.75) is 33.7 Å². The van der Waals surface area contributed by atoms with Crippen LogP contribution in [-0.2, 0) is 13.0 Å². The fraction of sp³-hybridized carbons (Fsp3) is 0.786. The van der Waals surface area contributed by atoms with Crippen molar-refractivity contribution < 1.29 is 0 Å². The number of aromatic nitrogens is 1. The van der Waals surface area contributed by atoms with Gasteiger partial charge in [-0.1, -0.05) is 20.8 Å². The Morgan fingerprint density at radius 1 is 1.22 bits per heavy atom. The van der Waals surface area contributed by atoms with Crippen LogP contribution in [0.1, 0.15) is 31.5 Å². The highest BCUT2D eigenvalue weighted by molar-refractivity contribution is 7.09. The molecule has 1 aromatic rings. The lowest BCUT2D eigenvalue weighted by Crippen LogP contribution is -2.46. The molecule has 1 saturated heterocycles. The fourth-order valence-corrected chi connectivity index (χ4v) is 3.20. The molecule has 0 aromatic carbocycles. The van der Waals surface area contributed by atoms with Gasteiger partial charge in [-0.15, -0.1) is 11.3 Å². The van der Waals surface area contributed by atoms with Crippen molar-refractivity contribution in [1.82, 2.24) is 14.8 Å². The molecule has 102 valence electrons. The molecule has 0 aliphatic carbocycles. The van der Waals surface area contributed by atoms with Gasteiger partial charge in [-0.2, -0.15) is 0 Å². The van der Waals surface area contributed by atoms with E-state index in [1.54, 1.807) is 11.3 Å². The summed E-state index contributed by atoms with van der Waals surface area (Å²) in [4.78, 5) is 9.77. The van der Waals surface area contributed by atoms with Crippen molar-refractivity contribution in [2.75, 3.05) is 32.7 Å². The molecule has 0 N–H and O–H groups in total. The lowest BCUT2D eigenvalue weighted by Gasteiger charge is -2.35. The van der Waals surface area contributed by atoms with Crippen LogP contribution in [0.5, 0.6) is 0 Å². The molecule has 1 aliphatic heterocycles. The van der Waals surface area contributed by atoms with Crippen LogP contribution in [0.2, 0.25) is 0 Å². The smallest absolute Gasteiger partial charge is 0.0926 e. The second-order valence-corrected chi connectivity index (χ2v) is 6.50. The van der Waals surface area contributed by atoms with E-state index in [0.29, 0.717) is 0 Å². The van der Waals surface area contributed by atoms with Gasteiger partial charge in [0.2, 0.25) is 0 Å². The zero-order valence-corrected chi connectivity index (χ0v) is 12.7. The second kappa shape index (κ2) is 6.64. The first kappa shape index (κ1) is 14.0. The number of rotatable bonds is 5. The van der Waals surface area contributed by atoms with Crippen LogP contribution >= 0.6 is 11.3 Å². The number of nitrogens with zero attached hydrogens (tertiary/aromatic N) is 3. The molecule has 4 heteroatoms. The van der Waals surface area contributed by atoms with Gasteiger partial charge in [-0.05, 0) is 12.3 Å². The Kier molecular flexibility index (Phi) is 5.15. The molecule has 0 amide bonds. The van der Waals surface area contributed by atoms with Crippen molar-refractivity contribution in [1.29, 1.82) is 0 Å². The predicted molar refractivity (Wildman–Crippen MR) is 78.0 cm³/mol. The summed E-state index contributed by atoms with van der Waals surface area (Å²) in [7, 11) is 0. The molecule has 0 bridgehead atoms. The third-order valence-electron chi connectivity index (χ3n) is 3.38. The zero-order chi connectivity index (χ0) is 13.0. The molecule has 1 fully saturated rings. The standard InChI is InChI=1S/C14H25N3S/c1-4-14-15-13(11-18-14)10-17-7-5-16(6-8-17)9-12(2)3/h11-12H,4-10H2,1-3H3. The highest BCUT2D eigenvalue weighted by atomic mass is 32.1. The van der Waals surface area contributed by atoms with Gasteiger partial charge in [0.1, 0.15) is 0 Å². The van der Waals surface area contributed by atoms with Crippen molar-refractivity contribution in [3.8, 4) is 0 Å². The maximum Gasteiger partial charge on any atom is 0.0926 e. The Balaban J connectivity index is 1.76. The van der Waals surface area contributed by atoms with E-state index in [2.05, 4.69) is 40.9 Å². The number of aryl methyl sites for hydroxylation is 1. The largest absolute Gasteiger partial charge is 0.301 e. The molecular weight excluding hydrogens is 242 g/mol. The average Bonchev–Trinajstić information content (AvgIpc) is 2.79. The van der Waals surface area contributed by atoms with Crippen LogP contribution in [0.4, 0.5) is 0 Å². The summed E-state index contributed by atoms with van der Waals surface area (Å²) in [6, 6.07) is 0. The number of piperazine rings is 1. The summed E-state index contributed by atoms with van der Waals surface area (Å²) in [5.41, 5.74) is 1.26. The van der Waals surface area contributed by atoms with Gasteiger partial charge in [0.05, 0.1) is 10.7 Å². The van der Waals surface area contributed by atoms with E-state index in [9.17, 15) is 0 Å². The van der Waals surface area contributed by atoms with E-state index < -0.39 is 0 Å². The Morgan fingerprint density at radius 2 is 1.89 bits per heavy atom. The molecule has 0 atom stereocenters. The maximum atomic E-state index is 4.65. The molecule has 1 aromatic heterocycles. The Morgan fingerprint density at radius 3 is 2.44 bits per heavy atom. The van der Waals surface area contributed by atoms with Crippen LogP contribution in [-0.4, -0.2) is 47.5 Å². The third kappa shape index (κ3) is 4.04. The lowest BCUT2D eigenvalue weighted by molar-refractivity contribution is 0.116. The van der Waals surface area contributed by atoms with Crippen molar-refractivity contribution in [3.63, 3.8) is 0 Å². The normalized spacial score (nSPS) is 18.7. The SMILES string of the molecule is CCc1nc(CN2CCN(CC(C)C)CC2)cs1. The molecule has 2 rings (SSSR count). The monoisotopic (exact) mass is 267 g/mol. The van der Waals surface area contributed by atoms with Crippen LogP contribution in [0, 0.1) is 5.92 Å². The molecule has 1 aliphatic rings. The zero-order valence-electron chi connectivity index (χ0n) is 11.9. The van der Waals surface area contributed by atoms with Gasteiger partial charge in [-0.3, -0.25) is 4.90 Å². The van der Waals surface area contributed by atoms with Crippen molar-refractivity contribution in [3.05, 3.63) is 16.1 Å². The minimum Gasteiger partial charge on any atom is -0.301 e.